The van der Waals surface area contributed by atoms with Gasteiger partial charge < -0.3 is 4.42 Å². The van der Waals surface area contributed by atoms with Crippen LogP contribution in [0.2, 0.25) is 0 Å². The van der Waals surface area contributed by atoms with Crippen molar-refractivity contribution in [3.8, 4) is 44.5 Å². The van der Waals surface area contributed by atoms with E-state index in [4.69, 9.17) is 18.1 Å². The summed E-state index contributed by atoms with van der Waals surface area (Å²) in [6.45, 7) is 0. The first-order valence-electron chi connectivity index (χ1n) is 22.3. The van der Waals surface area contributed by atoms with Crippen LogP contribution in [-0.4, -0.2) is 0 Å². The summed E-state index contributed by atoms with van der Waals surface area (Å²) in [6.07, 6.45) is 0. The molecule has 1 heterocycles. The molecule has 0 bridgehead atoms. The second-order valence-electron chi connectivity index (χ2n) is 11.8. The third-order valence-electron chi connectivity index (χ3n) is 9.15. The molecular weight excluding hydrogens is 593 g/mol. The van der Waals surface area contributed by atoms with Gasteiger partial charge in [0, 0.05) is 16.2 Å². The van der Waals surface area contributed by atoms with E-state index in [1.165, 1.54) is 0 Å². The minimum absolute atomic E-state index is 0.108. The topological polar surface area (TPSA) is 13.1 Å². The van der Waals surface area contributed by atoms with Gasteiger partial charge in [0.1, 0.15) is 11.2 Å². The maximum Gasteiger partial charge on any atom is 0.143 e. The van der Waals surface area contributed by atoms with E-state index in [-0.39, 0.29) is 11.1 Å². The van der Waals surface area contributed by atoms with Crippen LogP contribution in [0.3, 0.4) is 0 Å². The zero-order valence-corrected chi connectivity index (χ0v) is 25.7. The highest BCUT2D eigenvalue weighted by Crippen LogP contribution is 2.49. The summed E-state index contributed by atoms with van der Waals surface area (Å²) < 4.78 is 122. The average Bonchev–Trinajstić information content (AvgIpc) is 3.68. The van der Waals surface area contributed by atoms with Crippen LogP contribution in [0, 0.1) is 0 Å². The van der Waals surface area contributed by atoms with Crippen molar-refractivity contribution in [2.45, 2.75) is 0 Å². The standard InChI is InChI=1S/C48H30O/c1-3-14-31(15-4-1)34-27-28-35(32-16-5-2-6-17-32)43(30-34)46-39-22-11-9-20-37(39)45(38-21-10-12-23-40(38)46)41-24-13-25-44-47(41)42-29-26-33-18-7-8-19-36(33)48(42)49-44/h1-30H/i1D,2D,3D,4D,5D,6D,14D,15D,16D,17D,27D,28D,30D. The molecule has 1 nitrogen and oxygen atoms in total. The summed E-state index contributed by atoms with van der Waals surface area (Å²) in [5.74, 6) is 0. The first-order chi connectivity index (χ1) is 29.7. The molecule has 0 N–H and O–H groups in total. The Morgan fingerprint density at radius 3 is 1.65 bits per heavy atom. The van der Waals surface area contributed by atoms with Gasteiger partial charge in [-0.2, -0.15) is 0 Å². The van der Waals surface area contributed by atoms with Gasteiger partial charge in [-0.1, -0.05) is 164 Å². The van der Waals surface area contributed by atoms with E-state index in [0.717, 1.165) is 38.3 Å². The van der Waals surface area contributed by atoms with Crippen molar-refractivity contribution in [2.75, 3.05) is 0 Å². The molecule has 1 aromatic heterocycles. The highest BCUT2D eigenvalue weighted by molar-refractivity contribution is 6.27. The van der Waals surface area contributed by atoms with Crippen LogP contribution in [0.5, 0.6) is 0 Å². The fraction of sp³-hybridized carbons (Fsp3) is 0. The fourth-order valence-electron chi connectivity index (χ4n) is 7.11. The van der Waals surface area contributed by atoms with E-state index < -0.39 is 95.2 Å². The summed E-state index contributed by atoms with van der Waals surface area (Å²) in [5, 5.41) is 6.23. The lowest BCUT2D eigenvalue weighted by Crippen LogP contribution is -1.94. The van der Waals surface area contributed by atoms with Gasteiger partial charge in [-0.25, -0.2) is 0 Å². The maximum absolute atomic E-state index is 10.0. The van der Waals surface area contributed by atoms with Crippen LogP contribution >= 0.6 is 0 Å². The van der Waals surface area contributed by atoms with Crippen LogP contribution < -0.4 is 0 Å². The van der Waals surface area contributed by atoms with Crippen molar-refractivity contribution < 1.29 is 22.2 Å². The summed E-state index contributed by atoms with van der Waals surface area (Å²) in [4.78, 5) is 0. The molecule has 228 valence electrons. The normalized spacial score (nSPS) is 15.4. The van der Waals surface area contributed by atoms with Gasteiger partial charge in [0.05, 0.1) is 17.8 Å². The molecule has 49 heavy (non-hydrogen) atoms. The first-order valence-corrected chi connectivity index (χ1v) is 15.8. The smallest absolute Gasteiger partial charge is 0.143 e. The second-order valence-corrected chi connectivity index (χ2v) is 11.8. The van der Waals surface area contributed by atoms with Gasteiger partial charge in [-0.15, -0.1) is 0 Å². The molecule has 1 heteroatoms. The largest absolute Gasteiger partial charge is 0.455 e. The molecule has 0 saturated heterocycles. The molecule has 0 unspecified atom stereocenters. The van der Waals surface area contributed by atoms with Crippen LogP contribution in [0.15, 0.2) is 186 Å². The molecule has 0 atom stereocenters. The number of fused-ring (bicyclic) bond motifs is 7. The Bertz CT molecular complexity index is 3510. The Morgan fingerprint density at radius 2 is 0.980 bits per heavy atom. The van der Waals surface area contributed by atoms with Gasteiger partial charge in [0.25, 0.3) is 0 Å². The molecular formula is C48H30O. The predicted octanol–water partition coefficient (Wildman–Crippen LogP) is 13.7. The lowest BCUT2D eigenvalue weighted by Gasteiger charge is -2.21. The summed E-state index contributed by atoms with van der Waals surface area (Å²) in [5.41, 5.74) is 1.65. The summed E-state index contributed by atoms with van der Waals surface area (Å²) in [6, 6.07) is 24.1. The zero-order chi connectivity index (χ0) is 43.6. The molecule has 10 rings (SSSR count). The molecule has 0 fully saturated rings. The van der Waals surface area contributed by atoms with Crippen LogP contribution in [0.1, 0.15) is 17.8 Å². The lowest BCUT2D eigenvalue weighted by atomic mass is 9.82. The van der Waals surface area contributed by atoms with Crippen LogP contribution in [-0.2, 0) is 0 Å². The molecule has 0 spiro atoms. The van der Waals surface area contributed by atoms with Gasteiger partial charge in [0.15, 0.2) is 0 Å². The van der Waals surface area contributed by atoms with Crippen molar-refractivity contribution in [3.05, 3.63) is 182 Å². The number of hydrogen-bond donors (Lipinski definition) is 0. The van der Waals surface area contributed by atoms with E-state index in [0.29, 0.717) is 32.7 Å². The monoisotopic (exact) mass is 635 g/mol. The highest BCUT2D eigenvalue weighted by Gasteiger charge is 2.22. The Morgan fingerprint density at radius 1 is 0.388 bits per heavy atom. The van der Waals surface area contributed by atoms with Gasteiger partial charge in [-0.05, 0) is 89.6 Å². The van der Waals surface area contributed by atoms with Crippen molar-refractivity contribution in [1.82, 2.24) is 0 Å². The van der Waals surface area contributed by atoms with Crippen molar-refractivity contribution >= 4 is 54.3 Å². The molecule has 10 aromatic rings. The lowest BCUT2D eigenvalue weighted by molar-refractivity contribution is 0.673. The summed E-state index contributed by atoms with van der Waals surface area (Å²) in [7, 11) is 0. The van der Waals surface area contributed by atoms with E-state index in [2.05, 4.69) is 6.07 Å². The fourth-order valence-corrected chi connectivity index (χ4v) is 7.11. The van der Waals surface area contributed by atoms with E-state index in [1.807, 2.05) is 84.9 Å². The quantitative estimate of drug-likeness (QED) is 0.175. The van der Waals surface area contributed by atoms with E-state index >= 15 is 0 Å². The number of rotatable bonds is 4. The molecule has 0 aliphatic rings. The van der Waals surface area contributed by atoms with E-state index in [9.17, 15) is 4.11 Å². The first kappa shape index (κ1) is 17.6. The minimum atomic E-state index is -0.713. The van der Waals surface area contributed by atoms with Crippen molar-refractivity contribution in [1.29, 1.82) is 0 Å². The number of furan rings is 1. The molecule has 0 aliphatic carbocycles. The maximum atomic E-state index is 10.0. The van der Waals surface area contributed by atoms with Crippen molar-refractivity contribution in [2.24, 2.45) is 0 Å². The predicted molar refractivity (Wildman–Crippen MR) is 208 cm³/mol. The third kappa shape index (κ3) is 4.33. The molecule has 0 amide bonds. The van der Waals surface area contributed by atoms with Gasteiger partial charge in [0.2, 0.25) is 0 Å². The average molecular weight is 636 g/mol. The molecule has 0 radical (unpaired) electrons. The van der Waals surface area contributed by atoms with Crippen LogP contribution in [0.25, 0.3) is 98.8 Å². The second kappa shape index (κ2) is 11.1. The zero-order valence-electron chi connectivity index (χ0n) is 38.7. The Labute approximate surface area is 302 Å². The Hall–Kier alpha value is -6.44. The summed E-state index contributed by atoms with van der Waals surface area (Å²) >= 11 is 0. The highest BCUT2D eigenvalue weighted by atomic mass is 16.3. The molecule has 0 aliphatic heterocycles. The third-order valence-corrected chi connectivity index (χ3v) is 9.15. The number of hydrogen-bond acceptors (Lipinski definition) is 1. The number of benzene rings is 9. The van der Waals surface area contributed by atoms with Gasteiger partial charge >= 0.3 is 0 Å². The molecule has 0 saturated carbocycles. The Kier molecular flexibility index (Phi) is 3.99. The van der Waals surface area contributed by atoms with Gasteiger partial charge in [-0.3, -0.25) is 0 Å². The van der Waals surface area contributed by atoms with Crippen LogP contribution in [0.4, 0.5) is 0 Å². The minimum Gasteiger partial charge on any atom is -0.455 e. The van der Waals surface area contributed by atoms with E-state index in [1.54, 1.807) is 12.1 Å². The SMILES string of the molecule is [2H]c1c([2H])c([2H])c(-c2c([2H])c([2H])c(-c3c([2H])c([2H])c([2H])c([2H])c3[2H])c(-c3c4ccccc4c(-c4cccc5oc6c7ccccc7ccc6c45)c4ccccc34)c2[2H])c([2H])c1[2H]. The Balaban J connectivity index is 1.42. The van der Waals surface area contributed by atoms with Crippen molar-refractivity contribution in [3.63, 3.8) is 0 Å². The molecule has 9 aromatic carbocycles.